The average Bonchev–Trinajstić information content (AvgIpc) is 3.12. The summed E-state index contributed by atoms with van der Waals surface area (Å²) in [6.45, 7) is 8.05. The first-order valence-corrected chi connectivity index (χ1v) is 12.8. The van der Waals surface area contributed by atoms with Crippen molar-refractivity contribution in [1.82, 2.24) is 14.8 Å². The molecule has 1 aliphatic heterocycles. The smallest absolute Gasteiger partial charge is 0.251 e. The number of nitrogens with one attached hydrogen (secondary N) is 1. The van der Waals surface area contributed by atoms with Crippen LogP contribution in [0.5, 0.6) is 5.88 Å². The van der Waals surface area contributed by atoms with E-state index in [9.17, 15) is 9.90 Å². The first-order chi connectivity index (χ1) is 15.9. The number of fused-ring (bicyclic) bond motifs is 1. The van der Waals surface area contributed by atoms with E-state index >= 15 is 0 Å². The average molecular weight is 512 g/mol. The molecule has 1 atom stereocenters. The summed E-state index contributed by atoms with van der Waals surface area (Å²) in [7, 11) is 0. The van der Waals surface area contributed by atoms with Crippen LogP contribution in [0.1, 0.15) is 55.5 Å². The highest BCUT2D eigenvalue weighted by Gasteiger charge is 2.24. The molecule has 1 aliphatic rings. The van der Waals surface area contributed by atoms with Crippen molar-refractivity contribution in [3.05, 3.63) is 64.3 Å². The van der Waals surface area contributed by atoms with Crippen LogP contribution in [0.15, 0.2) is 53.1 Å². The number of halogens is 1. The number of benzene rings is 2. The number of piperidine rings is 1. The van der Waals surface area contributed by atoms with Crippen molar-refractivity contribution in [2.45, 2.75) is 52.1 Å². The Morgan fingerprint density at radius 3 is 2.73 bits per heavy atom. The summed E-state index contributed by atoms with van der Waals surface area (Å²) in [4.78, 5) is 15.3. The van der Waals surface area contributed by atoms with Crippen molar-refractivity contribution in [2.75, 3.05) is 19.6 Å². The molecule has 33 heavy (non-hydrogen) atoms. The number of hydrogen-bond donors (Lipinski definition) is 2. The molecule has 0 saturated carbocycles. The first kappa shape index (κ1) is 23.8. The lowest BCUT2D eigenvalue weighted by atomic mass is 9.92. The number of likely N-dealkylation sites (tertiary alicyclic amines) is 1. The molecule has 1 aromatic heterocycles. The molecule has 0 spiro atoms. The summed E-state index contributed by atoms with van der Waals surface area (Å²) in [6, 6.07) is 14.2. The Morgan fingerprint density at radius 2 is 1.97 bits per heavy atom. The minimum atomic E-state index is -0.0870. The molecule has 1 fully saturated rings. The Kier molecular flexibility index (Phi) is 7.76. The lowest BCUT2D eigenvalue weighted by Crippen LogP contribution is -2.43. The van der Waals surface area contributed by atoms with E-state index in [0.717, 1.165) is 28.4 Å². The first-order valence-electron chi connectivity index (χ1n) is 12.0. The number of hydrogen-bond acceptors (Lipinski definition) is 3. The van der Waals surface area contributed by atoms with E-state index in [4.69, 9.17) is 0 Å². The minimum absolute atomic E-state index is 0.0870. The van der Waals surface area contributed by atoms with Crippen molar-refractivity contribution in [1.29, 1.82) is 0 Å². The van der Waals surface area contributed by atoms with Crippen LogP contribution >= 0.6 is 15.9 Å². The predicted octanol–water partition coefficient (Wildman–Crippen LogP) is 5.79. The quantitative estimate of drug-likeness (QED) is 0.376. The number of aromatic hydroxyl groups is 1. The summed E-state index contributed by atoms with van der Waals surface area (Å²) in [5.74, 6) is 0.777. The lowest BCUT2D eigenvalue weighted by Gasteiger charge is -2.38. The highest BCUT2D eigenvalue weighted by Crippen LogP contribution is 2.29. The summed E-state index contributed by atoms with van der Waals surface area (Å²) in [5, 5.41) is 15.4. The molecule has 1 amide bonds. The fourth-order valence-corrected chi connectivity index (χ4v) is 5.19. The molecule has 0 radical (unpaired) electrons. The van der Waals surface area contributed by atoms with Crippen LogP contribution in [0, 0.1) is 5.92 Å². The van der Waals surface area contributed by atoms with Crippen molar-refractivity contribution < 1.29 is 9.90 Å². The maximum absolute atomic E-state index is 12.7. The van der Waals surface area contributed by atoms with Crippen LogP contribution in [-0.2, 0) is 6.54 Å². The number of nitrogens with zero attached hydrogens (tertiary/aromatic N) is 2. The third-order valence-electron chi connectivity index (χ3n) is 6.73. The van der Waals surface area contributed by atoms with Gasteiger partial charge in [-0.3, -0.25) is 4.79 Å². The summed E-state index contributed by atoms with van der Waals surface area (Å²) < 4.78 is 2.85. The van der Waals surface area contributed by atoms with Gasteiger partial charge in [-0.1, -0.05) is 54.4 Å². The van der Waals surface area contributed by atoms with E-state index in [-0.39, 0.29) is 11.8 Å². The van der Waals surface area contributed by atoms with E-state index in [2.05, 4.69) is 40.0 Å². The number of amides is 1. The van der Waals surface area contributed by atoms with Crippen LogP contribution in [0.4, 0.5) is 0 Å². The molecule has 1 unspecified atom stereocenters. The molecule has 6 heteroatoms. The largest absolute Gasteiger partial charge is 0.494 e. The Labute approximate surface area is 204 Å². The molecule has 176 valence electrons. The van der Waals surface area contributed by atoms with Crippen molar-refractivity contribution in [2.24, 2.45) is 5.92 Å². The number of carbonyl (C=O) groups excluding carboxylic acids is 1. The highest BCUT2D eigenvalue weighted by molar-refractivity contribution is 9.10. The molecule has 2 N–H and O–H groups in total. The fourth-order valence-electron chi connectivity index (χ4n) is 4.93. The Bertz CT molecular complexity index is 1090. The van der Waals surface area contributed by atoms with E-state index in [0.29, 0.717) is 36.0 Å². The number of carbonyl (C=O) groups is 1. The van der Waals surface area contributed by atoms with E-state index in [1.54, 1.807) is 6.07 Å². The van der Waals surface area contributed by atoms with Crippen LogP contribution in [0.25, 0.3) is 10.8 Å². The van der Waals surface area contributed by atoms with E-state index < -0.39 is 0 Å². The molecule has 3 aromatic rings. The molecule has 5 nitrogen and oxygen atoms in total. The van der Waals surface area contributed by atoms with Gasteiger partial charge in [0.25, 0.3) is 5.91 Å². The molecule has 2 heterocycles. The van der Waals surface area contributed by atoms with Gasteiger partial charge < -0.3 is 19.9 Å². The van der Waals surface area contributed by atoms with Crippen LogP contribution in [-0.4, -0.2) is 46.2 Å². The zero-order valence-corrected chi connectivity index (χ0v) is 21.1. The second-order valence-corrected chi connectivity index (χ2v) is 10.4. The van der Waals surface area contributed by atoms with Crippen molar-refractivity contribution >= 4 is 32.6 Å². The van der Waals surface area contributed by atoms with Gasteiger partial charge in [0.2, 0.25) is 0 Å². The van der Waals surface area contributed by atoms with Crippen molar-refractivity contribution in [3.63, 3.8) is 0 Å². The number of aromatic nitrogens is 1. The van der Waals surface area contributed by atoms with Crippen LogP contribution < -0.4 is 5.32 Å². The maximum atomic E-state index is 12.7. The monoisotopic (exact) mass is 511 g/mol. The number of rotatable bonds is 8. The Balaban J connectivity index is 1.35. The molecule has 4 rings (SSSR count). The fraction of sp³-hybridized carbons (Fsp3) is 0.444. The Hall–Kier alpha value is -2.31. The second-order valence-electron chi connectivity index (χ2n) is 9.46. The minimum Gasteiger partial charge on any atom is -0.494 e. The molecular weight excluding hydrogens is 478 g/mol. The van der Waals surface area contributed by atoms with Gasteiger partial charge >= 0.3 is 0 Å². The predicted molar refractivity (Wildman–Crippen MR) is 138 cm³/mol. The standard InChI is InChI=1S/C27H34BrN3O2/c1-19(2)25-6-3-4-14-30(25)15-5-13-29-26(32)21-9-10-22-18-31(27(33)24(22)16-21)17-20-7-11-23(28)12-8-20/h7-12,16,18-19,25,33H,3-6,13-15,17H2,1-2H3,(H,29,32). The van der Waals surface area contributed by atoms with Gasteiger partial charge in [0, 0.05) is 46.1 Å². The Morgan fingerprint density at radius 1 is 1.18 bits per heavy atom. The zero-order chi connectivity index (χ0) is 23.4. The van der Waals surface area contributed by atoms with Gasteiger partial charge in [0.15, 0.2) is 5.88 Å². The second kappa shape index (κ2) is 10.7. The summed E-state index contributed by atoms with van der Waals surface area (Å²) in [5.41, 5.74) is 1.68. The molecular formula is C27H34BrN3O2. The van der Waals surface area contributed by atoms with Gasteiger partial charge in [0.1, 0.15) is 0 Å². The van der Waals surface area contributed by atoms with Crippen LogP contribution in [0.2, 0.25) is 0 Å². The molecule has 0 bridgehead atoms. The summed E-state index contributed by atoms with van der Waals surface area (Å²) in [6.07, 6.45) is 6.77. The van der Waals surface area contributed by atoms with Crippen LogP contribution in [0.3, 0.4) is 0 Å². The molecule has 2 aromatic carbocycles. The van der Waals surface area contributed by atoms with Gasteiger partial charge in [0.05, 0.1) is 6.54 Å². The lowest BCUT2D eigenvalue weighted by molar-refractivity contribution is 0.0937. The van der Waals surface area contributed by atoms with Gasteiger partial charge in [-0.05, 0) is 61.6 Å². The molecule has 1 saturated heterocycles. The maximum Gasteiger partial charge on any atom is 0.251 e. The van der Waals surface area contributed by atoms with Gasteiger partial charge in [-0.25, -0.2) is 0 Å². The van der Waals surface area contributed by atoms with Gasteiger partial charge in [-0.15, -0.1) is 0 Å². The van der Waals surface area contributed by atoms with E-state index in [1.165, 1.54) is 25.8 Å². The zero-order valence-electron chi connectivity index (χ0n) is 19.6. The normalized spacial score (nSPS) is 17.0. The summed E-state index contributed by atoms with van der Waals surface area (Å²) >= 11 is 3.45. The molecule has 0 aliphatic carbocycles. The van der Waals surface area contributed by atoms with Crippen molar-refractivity contribution in [3.8, 4) is 5.88 Å². The SMILES string of the molecule is CC(C)C1CCCCN1CCCNC(=O)c1ccc2cn(Cc3ccc(Br)cc3)c(O)c2c1. The topological polar surface area (TPSA) is 57.5 Å². The third-order valence-corrected chi connectivity index (χ3v) is 7.26. The highest BCUT2D eigenvalue weighted by atomic mass is 79.9. The van der Waals surface area contributed by atoms with E-state index in [1.807, 2.05) is 47.2 Å². The van der Waals surface area contributed by atoms with Gasteiger partial charge in [-0.2, -0.15) is 0 Å². The third kappa shape index (κ3) is 5.79.